The van der Waals surface area contributed by atoms with Crippen molar-refractivity contribution < 1.29 is 42.9 Å². The van der Waals surface area contributed by atoms with Crippen molar-refractivity contribution >= 4 is 80.1 Å². The lowest BCUT2D eigenvalue weighted by Gasteiger charge is -2.34. The molecule has 5 aliphatic heterocycles. The van der Waals surface area contributed by atoms with Gasteiger partial charge >= 0.3 is 18.3 Å². The number of anilines is 3. The number of nitrogens with zero attached hydrogens (tertiary/aromatic N) is 12. The standard InChI is InChI=1S/C29H32N4O3.C26H34N6O4.C26H32N4O2/c1-18-4-13-24-25(32(18)29(35)36-3)14-15-26-28(24)31-27(16-20-5-7-21(17-30)8-6-20)33(26)23-11-9-22(10-12-23)19(2)34;1-18-4-5-20-21(32(18)26(34)35-2)6-7-22-25(20)29-23(8-13-30-12-3-11-28-30)31(22)17-24(33)27-16-19-9-14-36-15-10-19;1-17-15-20(13-14-27-17)30-23-12-11-22-21(10-9-18(2)29(22)26(31)32-3)25(23)28-24(30)16-19-7-5-4-6-8-19/h5-8,14-15,18,22-23H,4,9-13,16H2,1-3H3;3,6-7,11-12,18-19H,4-5,8-10,13-17H2,1-2H3,(H,27,33);4-8,11-12,17-18,20,27H,9-10,13-16H2,1-3H3/t18-,22?,23?;18-;17-,18+,20-/m001/s1. The summed E-state index contributed by atoms with van der Waals surface area (Å²) in [6.45, 7) is 14.2. The number of ketones is 1. The Morgan fingerprint density at radius 3 is 1.60 bits per heavy atom. The van der Waals surface area contributed by atoms with Gasteiger partial charge in [-0.25, -0.2) is 29.3 Å². The van der Waals surface area contributed by atoms with E-state index in [1.165, 1.54) is 38.0 Å². The number of aryl methyl sites for hydroxylation is 5. The number of rotatable bonds is 14. The number of piperidine rings is 1. The van der Waals surface area contributed by atoms with E-state index in [0.29, 0.717) is 49.5 Å². The minimum atomic E-state index is -0.367. The molecule has 5 aromatic carbocycles. The number of ether oxygens (including phenoxy) is 4. The van der Waals surface area contributed by atoms with Gasteiger partial charge in [-0.2, -0.15) is 10.4 Å². The first-order valence-electron chi connectivity index (χ1n) is 37.3. The molecule has 2 N–H and O–H groups in total. The van der Waals surface area contributed by atoms with E-state index in [2.05, 4.69) is 93.3 Å². The summed E-state index contributed by atoms with van der Waals surface area (Å²) in [6, 6.07) is 36.0. The van der Waals surface area contributed by atoms with Crippen LogP contribution < -0.4 is 25.3 Å². The number of nitriles is 1. The van der Waals surface area contributed by atoms with Crippen LogP contribution in [0.15, 0.2) is 109 Å². The monoisotopic (exact) mass is 1410 g/mol. The van der Waals surface area contributed by atoms with Gasteiger partial charge in [0.05, 0.1) is 83.1 Å². The van der Waals surface area contributed by atoms with Gasteiger partial charge in [-0.1, -0.05) is 42.5 Å². The van der Waals surface area contributed by atoms with Gasteiger partial charge in [-0.05, 0) is 203 Å². The van der Waals surface area contributed by atoms with Crippen molar-refractivity contribution in [2.45, 2.75) is 193 Å². The zero-order valence-electron chi connectivity index (χ0n) is 61.3. The van der Waals surface area contributed by atoms with E-state index in [9.17, 15) is 29.2 Å². The Bertz CT molecular complexity index is 4600. The Morgan fingerprint density at radius 1 is 0.587 bits per heavy atom. The molecule has 23 nitrogen and oxygen atoms in total. The van der Waals surface area contributed by atoms with E-state index < -0.39 is 0 Å². The second-order valence-electron chi connectivity index (χ2n) is 29.1. The fraction of sp³-hybridized carbons (Fsp3) is 0.481. The molecule has 6 aliphatic rings. The molecule has 9 heterocycles. The molecular formula is C81H98N14O9. The Morgan fingerprint density at radius 2 is 1.10 bits per heavy atom. The summed E-state index contributed by atoms with van der Waals surface area (Å²) in [7, 11) is 4.28. The summed E-state index contributed by atoms with van der Waals surface area (Å²) in [4.78, 5) is 83.4. The molecule has 4 amide bonds. The minimum Gasteiger partial charge on any atom is -0.452 e. The lowest BCUT2D eigenvalue weighted by molar-refractivity contribution is -0.122. The van der Waals surface area contributed by atoms with E-state index in [1.54, 1.807) is 27.8 Å². The van der Waals surface area contributed by atoms with Crippen molar-refractivity contribution in [1.82, 2.24) is 49.1 Å². The van der Waals surface area contributed by atoms with Gasteiger partial charge in [0.2, 0.25) is 5.91 Å². The van der Waals surface area contributed by atoms with Gasteiger partial charge in [0, 0.05) is 117 Å². The van der Waals surface area contributed by atoms with Crippen LogP contribution in [0.5, 0.6) is 0 Å². The SMILES string of the molecule is COC(=O)N1c2ccc3c(nc(CCn4cccn4)n3CC(=O)NCC3CCOCC3)c2CC[C@@H]1C.COC(=O)N1c2ccc3c(nc(Cc4ccc(C#N)cc4)n3C3CCC(C(C)=O)CC3)c2CC[C@@H]1C.COC(=O)N1c2ccc3c(nc(Cc4ccccc4)n3[C@@H]3CCN[C@H](C)C3)c2CC[C@@H]1C. The van der Waals surface area contributed by atoms with Crippen molar-refractivity contribution in [3.8, 4) is 6.07 Å². The van der Waals surface area contributed by atoms with Crippen LogP contribution in [-0.2, 0) is 80.2 Å². The topological polar surface area (TPSA) is 251 Å². The van der Waals surface area contributed by atoms with Crippen molar-refractivity contribution in [3.63, 3.8) is 0 Å². The smallest absolute Gasteiger partial charge is 0.414 e. The van der Waals surface area contributed by atoms with E-state index >= 15 is 0 Å². The lowest BCUT2D eigenvalue weighted by atomic mass is 9.83. The van der Waals surface area contributed by atoms with Gasteiger partial charge in [0.15, 0.2) is 0 Å². The number of Topliss-reactive ketones (excluding diaryl/α,β-unsaturated/α-hetero) is 1. The second-order valence-corrected chi connectivity index (χ2v) is 29.1. The number of aromatic nitrogens is 8. The number of nitrogens with one attached hydrogen (secondary N) is 2. The molecule has 104 heavy (non-hydrogen) atoms. The molecule has 0 unspecified atom stereocenters. The van der Waals surface area contributed by atoms with Crippen LogP contribution in [0.3, 0.4) is 0 Å². The Hall–Kier alpha value is -9.92. The summed E-state index contributed by atoms with van der Waals surface area (Å²) >= 11 is 0. The Kier molecular flexibility index (Phi) is 22.6. The van der Waals surface area contributed by atoms with Crippen molar-refractivity contribution in [2.75, 3.05) is 62.3 Å². The van der Waals surface area contributed by atoms with Crippen LogP contribution in [0.1, 0.15) is 168 Å². The molecule has 1 aliphatic carbocycles. The average Bonchev–Trinajstić information content (AvgIpc) is 1.58. The van der Waals surface area contributed by atoms with Crippen LogP contribution in [-0.4, -0.2) is 140 Å². The zero-order chi connectivity index (χ0) is 72.7. The Balaban J connectivity index is 0.000000139. The summed E-state index contributed by atoms with van der Waals surface area (Å²) in [5.74, 6) is 3.80. The molecule has 1 saturated carbocycles. The molecule has 2 saturated heterocycles. The highest BCUT2D eigenvalue weighted by molar-refractivity contribution is 5.98. The number of methoxy groups -OCH3 is 3. The van der Waals surface area contributed by atoms with Crippen LogP contribution >= 0.6 is 0 Å². The fourth-order valence-electron chi connectivity index (χ4n) is 16.7. The average molecular weight is 1410 g/mol. The van der Waals surface area contributed by atoms with Crippen molar-refractivity contribution in [2.24, 2.45) is 11.8 Å². The number of carbonyl (C=O) groups is 5. The molecule has 4 aromatic heterocycles. The molecular weight excluding hydrogens is 1310 g/mol. The summed E-state index contributed by atoms with van der Waals surface area (Å²) < 4.78 is 29.4. The van der Waals surface area contributed by atoms with Crippen molar-refractivity contribution in [3.05, 3.63) is 160 Å². The molecule has 546 valence electrons. The van der Waals surface area contributed by atoms with Gasteiger partial charge in [0.25, 0.3) is 0 Å². The highest BCUT2D eigenvalue weighted by atomic mass is 16.6. The number of fused-ring (bicyclic) bond motifs is 9. The number of hydrogen-bond donors (Lipinski definition) is 2. The molecule has 0 radical (unpaired) electrons. The lowest BCUT2D eigenvalue weighted by Crippen LogP contribution is -2.42. The third-order valence-electron chi connectivity index (χ3n) is 22.4. The Labute approximate surface area is 608 Å². The van der Waals surface area contributed by atoms with Crippen LogP contribution in [0.25, 0.3) is 33.1 Å². The summed E-state index contributed by atoms with van der Waals surface area (Å²) in [5.41, 5.74) is 15.0. The summed E-state index contributed by atoms with van der Waals surface area (Å²) in [6.07, 6.45) is 17.8. The predicted molar refractivity (Wildman–Crippen MR) is 400 cm³/mol. The normalized spacial score (nSPS) is 21.0. The van der Waals surface area contributed by atoms with Gasteiger partial charge in [0.1, 0.15) is 29.8 Å². The van der Waals surface area contributed by atoms with Crippen molar-refractivity contribution in [1.29, 1.82) is 5.26 Å². The van der Waals surface area contributed by atoms with E-state index in [-0.39, 0.29) is 66.6 Å². The highest BCUT2D eigenvalue weighted by Crippen LogP contribution is 2.43. The maximum atomic E-state index is 13.0. The van der Waals surface area contributed by atoms with E-state index in [4.69, 9.17) is 33.9 Å². The third kappa shape index (κ3) is 15.3. The number of amides is 4. The second kappa shape index (κ2) is 32.4. The van der Waals surface area contributed by atoms with Crippen LogP contribution in [0.2, 0.25) is 0 Å². The molecule has 23 heteroatoms. The number of benzene rings is 5. The van der Waals surface area contributed by atoms with Gasteiger partial charge in [-0.15, -0.1) is 0 Å². The molecule has 0 spiro atoms. The largest absolute Gasteiger partial charge is 0.452 e. The number of imidazole rings is 3. The predicted octanol–water partition coefficient (Wildman–Crippen LogP) is 13.5. The first-order chi connectivity index (χ1) is 50.5. The number of hydrogen-bond acceptors (Lipinski definition) is 15. The number of carbonyl (C=O) groups excluding carboxylic acids is 5. The fourth-order valence-corrected chi connectivity index (χ4v) is 16.7. The maximum absolute atomic E-state index is 13.0. The van der Waals surface area contributed by atoms with Gasteiger partial charge < -0.3 is 43.3 Å². The quantitative estimate of drug-likeness (QED) is 0.0960. The molecule has 15 rings (SSSR count). The highest BCUT2D eigenvalue weighted by Gasteiger charge is 2.37. The van der Waals surface area contributed by atoms with Crippen LogP contribution in [0, 0.1) is 23.2 Å². The first-order valence-corrected chi connectivity index (χ1v) is 37.3. The van der Waals surface area contributed by atoms with E-state index in [1.807, 2.05) is 77.8 Å². The first kappa shape index (κ1) is 72.4. The molecule has 0 bridgehead atoms. The van der Waals surface area contributed by atoms with Crippen LogP contribution in [0.4, 0.5) is 31.4 Å². The maximum Gasteiger partial charge on any atom is 0.414 e. The van der Waals surface area contributed by atoms with Gasteiger partial charge in [-0.3, -0.25) is 29.0 Å². The minimum absolute atomic E-state index is 0.0244. The molecule has 5 atom stereocenters. The third-order valence-corrected chi connectivity index (χ3v) is 22.4. The zero-order valence-corrected chi connectivity index (χ0v) is 61.3. The summed E-state index contributed by atoms with van der Waals surface area (Å²) in [5, 5.41) is 20.2. The molecule has 9 aromatic rings. The molecule has 3 fully saturated rings. The van der Waals surface area contributed by atoms with E-state index in [0.717, 1.165) is 195 Å².